The molecule has 0 spiro atoms. The van der Waals surface area contributed by atoms with E-state index >= 15 is 0 Å². The summed E-state index contributed by atoms with van der Waals surface area (Å²) in [6.07, 6.45) is 5.97. The molecule has 3 aromatic rings. The molecule has 0 N–H and O–H groups in total. The summed E-state index contributed by atoms with van der Waals surface area (Å²) in [4.78, 5) is 12.6. The topological polar surface area (TPSA) is 52.8 Å². The molecule has 0 unspecified atom stereocenters. The molecule has 134 valence electrons. The molecule has 6 heteroatoms. The third-order valence-electron chi connectivity index (χ3n) is 4.67. The molecular formula is C20H19BrN2O3. The van der Waals surface area contributed by atoms with Crippen LogP contribution in [0, 0.1) is 0 Å². The van der Waals surface area contributed by atoms with Gasteiger partial charge in [0, 0.05) is 6.20 Å². The average Bonchev–Trinajstić information content (AvgIpc) is 3.27. The van der Waals surface area contributed by atoms with E-state index in [1.165, 1.54) is 0 Å². The van der Waals surface area contributed by atoms with Gasteiger partial charge in [-0.25, -0.2) is 9.31 Å². The molecule has 0 aliphatic heterocycles. The summed E-state index contributed by atoms with van der Waals surface area (Å²) in [6, 6.07) is 13.6. The number of pyridine rings is 1. The van der Waals surface area contributed by atoms with E-state index in [4.69, 9.17) is 9.47 Å². The van der Waals surface area contributed by atoms with Gasteiger partial charge in [0.05, 0.1) is 34.5 Å². The smallest absolute Gasteiger partial charge is 0.338 e. The fraction of sp³-hybridized carbons (Fsp3) is 0.300. The summed E-state index contributed by atoms with van der Waals surface area (Å²) in [7, 11) is 0. The second kappa shape index (κ2) is 7.60. The zero-order valence-corrected chi connectivity index (χ0v) is 15.8. The Labute approximate surface area is 160 Å². The Bertz CT molecular complexity index is 910. The van der Waals surface area contributed by atoms with Crippen LogP contribution in [0.1, 0.15) is 35.2 Å². The highest BCUT2D eigenvalue weighted by Crippen LogP contribution is 2.27. The zero-order chi connectivity index (χ0) is 17.9. The van der Waals surface area contributed by atoms with Crippen molar-refractivity contribution in [1.82, 2.24) is 9.61 Å². The molecule has 0 saturated heterocycles. The molecule has 1 saturated carbocycles. The number of carbonyl (C=O) groups excluding carboxylic acids is 1. The minimum absolute atomic E-state index is 0.0513. The molecule has 1 aromatic carbocycles. The Balaban J connectivity index is 1.41. The number of nitrogens with zero attached hydrogens (tertiary/aromatic N) is 2. The third kappa shape index (κ3) is 3.66. The van der Waals surface area contributed by atoms with E-state index in [0.29, 0.717) is 12.2 Å². The fourth-order valence-electron chi connectivity index (χ4n) is 3.28. The van der Waals surface area contributed by atoms with E-state index in [2.05, 4.69) is 21.0 Å². The van der Waals surface area contributed by atoms with Crippen LogP contribution >= 0.6 is 15.9 Å². The second-order valence-corrected chi connectivity index (χ2v) is 7.30. The Morgan fingerprint density at radius 3 is 2.85 bits per heavy atom. The zero-order valence-electron chi connectivity index (χ0n) is 14.2. The summed E-state index contributed by atoms with van der Waals surface area (Å²) < 4.78 is 14.3. The molecule has 1 aliphatic rings. The summed E-state index contributed by atoms with van der Waals surface area (Å²) in [5.41, 5.74) is 2.48. The van der Waals surface area contributed by atoms with Gasteiger partial charge in [-0.2, -0.15) is 5.10 Å². The predicted octanol–water partition coefficient (Wildman–Crippen LogP) is 4.39. The molecular weight excluding hydrogens is 396 g/mol. The Kier molecular flexibility index (Phi) is 5.04. The maximum atomic E-state index is 12.6. The molecule has 5 nitrogen and oxygen atoms in total. The monoisotopic (exact) mass is 414 g/mol. The van der Waals surface area contributed by atoms with Crippen molar-refractivity contribution in [2.24, 2.45) is 0 Å². The minimum Gasteiger partial charge on any atom is -0.456 e. The molecule has 2 aromatic heterocycles. The lowest BCUT2D eigenvalue weighted by Crippen LogP contribution is -2.28. The van der Waals surface area contributed by atoms with Crippen molar-refractivity contribution in [3.05, 3.63) is 70.5 Å². The molecule has 2 atom stereocenters. The maximum absolute atomic E-state index is 12.6. The highest BCUT2D eigenvalue weighted by Gasteiger charge is 2.31. The number of esters is 1. The first-order valence-corrected chi connectivity index (χ1v) is 9.49. The van der Waals surface area contributed by atoms with Crippen LogP contribution in [0.5, 0.6) is 0 Å². The number of hydrogen-bond acceptors (Lipinski definition) is 4. The third-order valence-corrected chi connectivity index (χ3v) is 5.28. The highest BCUT2D eigenvalue weighted by atomic mass is 79.9. The number of hydrogen-bond donors (Lipinski definition) is 0. The van der Waals surface area contributed by atoms with Gasteiger partial charge in [0.2, 0.25) is 0 Å². The van der Waals surface area contributed by atoms with Crippen molar-refractivity contribution >= 4 is 27.4 Å². The first-order chi connectivity index (χ1) is 12.7. The maximum Gasteiger partial charge on any atom is 0.338 e. The number of rotatable bonds is 5. The van der Waals surface area contributed by atoms with Crippen molar-refractivity contribution in [2.45, 2.75) is 38.1 Å². The van der Waals surface area contributed by atoms with Crippen LogP contribution < -0.4 is 0 Å². The van der Waals surface area contributed by atoms with Crippen molar-refractivity contribution in [2.75, 3.05) is 0 Å². The standard InChI is InChI=1S/C20H19BrN2O3/c21-16-12-22-23-10-9-15(11-17(16)23)20(24)26-19-8-4-7-18(19)25-13-14-5-2-1-3-6-14/h1-3,5-6,9-12,18-19H,4,7-8,13H2/t18-,19-/m0/s1. The van der Waals surface area contributed by atoms with Crippen LogP contribution in [0.3, 0.4) is 0 Å². The molecule has 1 fully saturated rings. The SMILES string of the molecule is O=C(O[C@H]1CCC[C@@H]1OCc1ccccc1)c1ccn2ncc(Br)c2c1. The average molecular weight is 415 g/mol. The quantitative estimate of drug-likeness (QED) is 0.580. The van der Waals surface area contributed by atoms with Gasteiger partial charge in [-0.3, -0.25) is 0 Å². The molecule has 1 aliphatic carbocycles. The van der Waals surface area contributed by atoms with Crippen molar-refractivity contribution in [3.63, 3.8) is 0 Å². The second-order valence-electron chi connectivity index (χ2n) is 6.45. The predicted molar refractivity (Wildman–Crippen MR) is 101 cm³/mol. The van der Waals surface area contributed by atoms with Crippen LogP contribution in [0.15, 0.2) is 59.3 Å². The highest BCUT2D eigenvalue weighted by molar-refractivity contribution is 9.10. The summed E-state index contributed by atoms with van der Waals surface area (Å²) in [5, 5.41) is 4.18. The Hall–Kier alpha value is -2.18. The lowest BCUT2D eigenvalue weighted by Gasteiger charge is -2.21. The van der Waals surface area contributed by atoms with Crippen LogP contribution in [0.4, 0.5) is 0 Å². The molecule has 0 bridgehead atoms. The van der Waals surface area contributed by atoms with E-state index in [0.717, 1.165) is 34.8 Å². The number of carbonyl (C=O) groups is 1. The van der Waals surface area contributed by atoms with Gasteiger partial charge in [0.15, 0.2) is 0 Å². The van der Waals surface area contributed by atoms with Gasteiger partial charge < -0.3 is 9.47 Å². The number of benzene rings is 1. The van der Waals surface area contributed by atoms with E-state index in [1.54, 1.807) is 29.0 Å². The van der Waals surface area contributed by atoms with Crippen molar-refractivity contribution in [3.8, 4) is 0 Å². The van der Waals surface area contributed by atoms with Crippen LogP contribution in [-0.2, 0) is 16.1 Å². The largest absolute Gasteiger partial charge is 0.456 e. The van der Waals surface area contributed by atoms with Crippen molar-refractivity contribution in [1.29, 1.82) is 0 Å². The Morgan fingerprint density at radius 1 is 1.19 bits per heavy atom. The lowest BCUT2D eigenvalue weighted by atomic mass is 10.2. The molecule has 2 heterocycles. The summed E-state index contributed by atoms with van der Waals surface area (Å²) in [6.45, 7) is 0.536. The van der Waals surface area contributed by atoms with Gasteiger partial charge in [0.1, 0.15) is 6.10 Å². The minimum atomic E-state index is -0.319. The van der Waals surface area contributed by atoms with Crippen molar-refractivity contribution < 1.29 is 14.3 Å². The van der Waals surface area contributed by atoms with E-state index < -0.39 is 0 Å². The number of aromatic nitrogens is 2. The fourth-order valence-corrected chi connectivity index (χ4v) is 3.67. The van der Waals surface area contributed by atoms with Gasteiger partial charge in [-0.05, 0) is 52.9 Å². The van der Waals surface area contributed by atoms with E-state index in [-0.39, 0.29) is 18.2 Å². The Morgan fingerprint density at radius 2 is 2.00 bits per heavy atom. The first-order valence-electron chi connectivity index (χ1n) is 8.70. The van der Waals surface area contributed by atoms with Crippen LogP contribution in [0.2, 0.25) is 0 Å². The van der Waals surface area contributed by atoms with Gasteiger partial charge in [0.25, 0.3) is 0 Å². The molecule has 4 rings (SSSR count). The number of fused-ring (bicyclic) bond motifs is 1. The van der Waals surface area contributed by atoms with Gasteiger partial charge in [-0.15, -0.1) is 0 Å². The number of ether oxygens (including phenoxy) is 2. The summed E-state index contributed by atoms with van der Waals surface area (Å²) >= 11 is 3.44. The van der Waals surface area contributed by atoms with Gasteiger partial charge >= 0.3 is 5.97 Å². The van der Waals surface area contributed by atoms with E-state index in [9.17, 15) is 4.79 Å². The molecule has 26 heavy (non-hydrogen) atoms. The number of halogens is 1. The summed E-state index contributed by atoms with van der Waals surface area (Å²) in [5.74, 6) is -0.319. The first kappa shape index (κ1) is 17.2. The van der Waals surface area contributed by atoms with Crippen LogP contribution in [-0.4, -0.2) is 27.8 Å². The molecule has 0 radical (unpaired) electrons. The lowest BCUT2D eigenvalue weighted by molar-refractivity contribution is -0.0441. The van der Waals surface area contributed by atoms with Gasteiger partial charge in [-0.1, -0.05) is 30.3 Å². The van der Waals surface area contributed by atoms with Crippen LogP contribution in [0.25, 0.3) is 5.52 Å². The normalized spacial score (nSPS) is 19.7. The van der Waals surface area contributed by atoms with E-state index in [1.807, 2.05) is 30.3 Å². The molecule has 0 amide bonds.